The minimum Gasteiger partial charge on any atom is -0.413 e. The van der Waals surface area contributed by atoms with Crippen molar-refractivity contribution < 1.29 is 18.8 Å². The molecule has 0 heterocycles. The van der Waals surface area contributed by atoms with Crippen LogP contribution in [0.2, 0.25) is 16.6 Å². The van der Waals surface area contributed by atoms with Crippen molar-refractivity contribution in [2.75, 3.05) is 0 Å². The van der Waals surface area contributed by atoms with Gasteiger partial charge in [-0.25, -0.2) is 0 Å². The predicted octanol–water partition coefficient (Wildman–Crippen LogP) is 6.87. The maximum absolute atomic E-state index is 11.3. The minimum absolute atomic E-state index is 0.00822. The summed E-state index contributed by atoms with van der Waals surface area (Å²) >= 11 is 0. The monoisotopic (exact) mass is 448 g/mol. The average molecular weight is 449 g/mol. The highest BCUT2D eigenvalue weighted by Gasteiger charge is 2.46. The van der Waals surface area contributed by atoms with Gasteiger partial charge in [-0.1, -0.05) is 84.7 Å². The standard InChI is InChI=1S/C26H44O4Si/c1-21(2)31(22(3)4,23(5)6)30-26(17-19-28)15-11-10-14-25(16-18-27)29-20-24-12-8-7-9-13-24/h7-9,12-13,18-19,21-23,25-26H,10-11,14-17,20H2,1-6H3/t25-,26+/m1/s1. The molecule has 0 aliphatic rings. The third-order valence-corrected chi connectivity index (χ3v) is 12.6. The molecule has 0 amide bonds. The van der Waals surface area contributed by atoms with Gasteiger partial charge in [0.15, 0.2) is 0 Å². The lowest BCUT2D eigenvalue weighted by Crippen LogP contribution is -2.50. The molecule has 1 aromatic carbocycles. The van der Waals surface area contributed by atoms with E-state index in [-0.39, 0.29) is 12.2 Å². The van der Waals surface area contributed by atoms with Crippen LogP contribution in [0.4, 0.5) is 0 Å². The first-order valence-electron chi connectivity index (χ1n) is 12.0. The molecule has 4 nitrogen and oxygen atoms in total. The molecule has 0 N–H and O–H groups in total. The van der Waals surface area contributed by atoms with Gasteiger partial charge in [-0.05, 0) is 35.0 Å². The topological polar surface area (TPSA) is 52.6 Å². The van der Waals surface area contributed by atoms with Crippen molar-refractivity contribution in [3.63, 3.8) is 0 Å². The average Bonchev–Trinajstić information content (AvgIpc) is 2.72. The van der Waals surface area contributed by atoms with E-state index in [2.05, 4.69) is 41.5 Å². The third kappa shape index (κ3) is 8.99. The van der Waals surface area contributed by atoms with Crippen LogP contribution >= 0.6 is 0 Å². The van der Waals surface area contributed by atoms with Gasteiger partial charge >= 0.3 is 0 Å². The largest absolute Gasteiger partial charge is 0.413 e. The number of unbranched alkanes of at least 4 members (excludes halogenated alkanes) is 1. The predicted molar refractivity (Wildman–Crippen MR) is 131 cm³/mol. The van der Waals surface area contributed by atoms with Crippen LogP contribution in [-0.2, 0) is 25.4 Å². The molecule has 1 aromatic rings. The highest BCUT2D eigenvalue weighted by molar-refractivity contribution is 6.77. The summed E-state index contributed by atoms with van der Waals surface area (Å²) in [6, 6.07) is 10.0. The second-order valence-corrected chi connectivity index (χ2v) is 15.0. The molecule has 0 aliphatic heterocycles. The summed E-state index contributed by atoms with van der Waals surface area (Å²) in [4.78, 5) is 22.4. The highest BCUT2D eigenvalue weighted by Crippen LogP contribution is 2.43. The van der Waals surface area contributed by atoms with Crippen molar-refractivity contribution in [3.8, 4) is 0 Å². The summed E-state index contributed by atoms with van der Waals surface area (Å²) in [5.74, 6) is 0. The molecule has 1 rings (SSSR count). The lowest BCUT2D eigenvalue weighted by Gasteiger charge is -2.44. The number of ether oxygens (including phenoxy) is 1. The maximum Gasteiger partial charge on any atom is 0.200 e. The van der Waals surface area contributed by atoms with Crippen molar-refractivity contribution >= 4 is 20.9 Å². The Morgan fingerprint density at radius 3 is 1.74 bits per heavy atom. The molecule has 2 atom stereocenters. The molecule has 0 saturated carbocycles. The minimum atomic E-state index is -2.00. The van der Waals surface area contributed by atoms with E-state index in [4.69, 9.17) is 9.16 Å². The molecular weight excluding hydrogens is 404 g/mol. The third-order valence-electron chi connectivity index (χ3n) is 6.43. The first-order chi connectivity index (χ1) is 14.8. The summed E-state index contributed by atoms with van der Waals surface area (Å²) in [5, 5.41) is 0. The highest BCUT2D eigenvalue weighted by atomic mass is 28.4. The summed E-state index contributed by atoms with van der Waals surface area (Å²) in [6.07, 6.45) is 6.43. The number of rotatable bonds is 17. The quantitative estimate of drug-likeness (QED) is 0.148. The van der Waals surface area contributed by atoms with E-state index >= 15 is 0 Å². The molecule has 0 saturated heterocycles. The molecule has 176 valence electrons. The number of benzene rings is 1. The fourth-order valence-corrected chi connectivity index (χ4v) is 10.5. The summed E-state index contributed by atoms with van der Waals surface area (Å²) in [5.41, 5.74) is 2.63. The van der Waals surface area contributed by atoms with Gasteiger partial charge in [0.25, 0.3) is 0 Å². The van der Waals surface area contributed by atoms with E-state index in [9.17, 15) is 9.59 Å². The van der Waals surface area contributed by atoms with Gasteiger partial charge in [-0.3, -0.25) is 0 Å². The zero-order valence-electron chi connectivity index (χ0n) is 20.5. The zero-order valence-corrected chi connectivity index (χ0v) is 21.5. The van der Waals surface area contributed by atoms with Crippen LogP contribution in [0.25, 0.3) is 0 Å². The van der Waals surface area contributed by atoms with Crippen LogP contribution < -0.4 is 0 Å². The smallest absolute Gasteiger partial charge is 0.200 e. The number of hydrogen-bond donors (Lipinski definition) is 0. The fraction of sp³-hybridized carbons (Fsp3) is 0.692. The van der Waals surface area contributed by atoms with Crippen LogP contribution in [0.15, 0.2) is 30.3 Å². The van der Waals surface area contributed by atoms with E-state index in [1.165, 1.54) is 0 Å². The SMILES string of the molecule is CC(C)[Si](O[C@H](CC=O)CCCC[C@H](CC=O)OCc1ccccc1)(C(C)C)C(C)C. The first-order valence-corrected chi connectivity index (χ1v) is 14.1. The van der Waals surface area contributed by atoms with Gasteiger partial charge in [0, 0.05) is 12.8 Å². The second-order valence-electron chi connectivity index (χ2n) is 9.57. The molecule has 0 radical (unpaired) electrons. The lowest BCUT2D eigenvalue weighted by molar-refractivity contribution is -0.111. The molecule has 5 heteroatoms. The molecule has 0 bridgehead atoms. The Kier molecular flexibility index (Phi) is 13.2. The molecule has 0 unspecified atom stereocenters. The molecule has 0 aliphatic carbocycles. The van der Waals surface area contributed by atoms with E-state index < -0.39 is 8.32 Å². The number of carbonyl (C=O) groups is 2. The van der Waals surface area contributed by atoms with Gasteiger partial charge in [-0.2, -0.15) is 0 Å². The first kappa shape index (κ1) is 27.7. The van der Waals surface area contributed by atoms with E-state index in [1.54, 1.807) is 0 Å². The zero-order chi connectivity index (χ0) is 23.3. The summed E-state index contributed by atoms with van der Waals surface area (Å²) in [6.45, 7) is 14.2. The van der Waals surface area contributed by atoms with Crippen molar-refractivity contribution in [1.82, 2.24) is 0 Å². The number of carbonyl (C=O) groups excluding carboxylic acids is 2. The Labute approximate surface area is 191 Å². The molecule has 0 aromatic heterocycles. The van der Waals surface area contributed by atoms with Crippen molar-refractivity contribution in [3.05, 3.63) is 35.9 Å². The van der Waals surface area contributed by atoms with Gasteiger partial charge in [0.05, 0.1) is 18.8 Å². The normalized spacial score (nSPS) is 14.2. The van der Waals surface area contributed by atoms with Crippen LogP contribution in [-0.4, -0.2) is 33.1 Å². The van der Waals surface area contributed by atoms with E-state index in [0.29, 0.717) is 36.1 Å². The van der Waals surface area contributed by atoms with Crippen LogP contribution in [0, 0.1) is 0 Å². The summed E-state index contributed by atoms with van der Waals surface area (Å²) in [7, 11) is -2.00. The maximum atomic E-state index is 11.3. The van der Waals surface area contributed by atoms with Crippen molar-refractivity contribution in [2.45, 2.75) is 116 Å². The van der Waals surface area contributed by atoms with Gasteiger partial charge in [0.2, 0.25) is 8.32 Å². The molecule has 0 fully saturated rings. The molecule has 0 spiro atoms. The summed E-state index contributed by atoms with van der Waals surface area (Å²) < 4.78 is 12.8. The second kappa shape index (κ2) is 14.7. The molecule has 31 heavy (non-hydrogen) atoms. The Balaban J connectivity index is 2.60. The van der Waals surface area contributed by atoms with Crippen LogP contribution in [0.5, 0.6) is 0 Å². The Hall–Kier alpha value is -1.30. The number of hydrogen-bond acceptors (Lipinski definition) is 4. The van der Waals surface area contributed by atoms with Gasteiger partial charge in [-0.15, -0.1) is 0 Å². The fourth-order valence-electron chi connectivity index (χ4n) is 4.94. The Morgan fingerprint density at radius 1 is 0.774 bits per heavy atom. The lowest BCUT2D eigenvalue weighted by atomic mass is 10.0. The molecular formula is C26H44O4Si. The Morgan fingerprint density at radius 2 is 1.26 bits per heavy atom. The van der Waals surface area contributed by atoms with Crippen LogP contribution in [0.3, 0.4) is 0 Å². The van der Waals surface area contributed by atoms with Crippen molar-refractivity contribution in [2.24, 2.45) is 0 Å². The van der Waals surface area contributed by atoms with E-state index in [1.807, 2.05) is 30.3 Å². The number of aldehydes is 2. The van der Waals surface area contributed by atoms with Gasteiger partial charge in [0.1, 0.15) is 12.6 Å². The van der Waals surface area contributed by atoms with Gasteiger partial charge < -0.3 is 18.8 Å². The Bertz CT molecular complexity index is 593. The van der Waals surface area contributed by atoms with Crippen molar-refractivity contribution in [1.29, 1.82) is 0 Å². The van der Waals surface area contributed by atoms with E-state index in [0.717, 1.165) is 43.8 Å². The van der Waals surface area contributed by atoms with Crippen LogP contribution in [0.1, 0.15) is 85.6 Å².